The lowest BCUT2D eigenvalue weighted by Gasteiger charge is -2.13. The van der Waals surface area contributed by atoms with Crippen LogP contribution in [-0.2, 0) is 4.79 Å². The molecule has 1 heterocycles. The topological polar surface area (TPSA) is 94.0 Å². The molecule has 1 aromatic heterocycles. The molecular formula is C10H14N4OS. The molecule has 1 unspecified atom stereocenters. The van der Waals surface area contributed by atoms with Gasteiger partial charge in [-0.1, -0.05) is 12.2 Å². The first-order valence-corrected chi connectivity index (χ1v) is 5.20. The predicted molar refractivity (Wildman–Crippen MR) is 67.0 cm³/mol. The lowest BCUT2D eigenvalue weighted by Crippen LogP contribution is -2.24. The van der Waals surface area contributed by atoms with Crippen molar-refractivity contribution in [3.63, 3.8) is 0 Å². The molecule has 6 heteroatoms. The van der Waals surface area contributed by atoms with Crippen LogP contribution in [0.4, 0.5) is 5.69 Å². The van der Waals surface area contributed by atoms with E-state index >= 15 is 0 Å². The van der Waals surface area contributed by atoms with Crippen LogP contribution in [0.5, 0.6) is 0 Å². The van der Waals surface area contributed by atoms with Crippen molar-refractivity contribution in [3.05, 3.63) is 24.0 Å². The second-order valence-electron chi connectivity index (χ2n) is 3.51. The van der Waals surface area contributed by atoms with Crippen molar-refractivity contribution in [2.45, 2.75) is 19.4 Å². The van der Waals surface area contributed by atoms with Gasteiger partial charge in [0.25, 0.3) is 0 Å². The first-order chi connectivity index (χ1) is 7.49. The van der Waals surface area contributed by atoms with Gasteiger partial charge in [-0.05, 0) is 19.1 Å². The normalized spacial score (nSPS) is 11.8. The van der Waals surface area contributed by atoms with E-state index in [1.807, 2.05) is 6.92 Å². The third-order valence-electron chi connectivity index (χ3n) is 1.93. The lowest BCUT2D eigenvalue weighted by molar-refractivity contribution is -0.118. The Morgan fingerprint density at radius 2 is 2.31 bits per heavy atom. The maximum Gasteiger partial charge on any atom is 0.219 e. The molecular weight excluding hydrogens is 224 g/mol. The van der Waals surface area contributed by atoms with E-state index in [-0.39, 0.29) is 23.4 Å². The molecule has 0 saturated heterocycles. The van der Waals surface area contributed by atoms with Crippen molar-refractivity contribution in [2.24, 2.45) is 11.5 Å². The highest BCUT2D eigenvalue weighted by atomic mass is 32.1. The number of aromatic nitrogens is 1. The molecule has 1 amide bonds. The number of pyridine rings is 1. The van der Waals surface area contributed by atoms with Gasteiger partial charge in [0.2, 0.25) is 5.91 Å². The molecule has 5 nitrogen and oxygen atoms in total. The Morgan fingerprint density at radius 3 is 2.88 bits per heavy atom. The van der Waals surface area contributed by atoms with Gasteiger partial charge < -0.3 is 16.8 Å². The van der Waals surface area contributed by atoms with E-state index in [2.05, 4.69) is 10.3 Å². The van der Waals surface area contributed by atoms with Crippen LogP contribution in [0.25, 0.3) is 0 Å². The molecule has 0 saturated carbocycles. The van der Waals surface area contributed by atoms with Crippen molar-refractivity contribution in [3.8, 4) is 0 Å². The lowest BCUT2D eigenvalue weighted by atomic mass is 10.2. The number of rotatable bonds is 5. The molecule has 5 N–H and O–H groups in total. The monoisotopic (exact) mass is 238 g/mol. The Kier molecular flexibility index (Phi) is 4.19. The van der Waals surface area contributed by atoms with E-state index in [0.29, 0.717) is 5.69 Å². The summed E-state index contributed by atoms with van der Waals surface area (Å²) in [4.78, 5) is 15.0. The fraction of sp³-hybridized carbons (Fsp3) is 0.300. The molecule has 1 aromatic rings. The highest BCUT2D eigenvalue weighted by Gasteiger charge is 2.06. The molecule has 0 aliphatic rings. The Morgan fingerprint density at radius 1 is 1.62 bits per heavy atom. The van der Waals surface area contributed by atoms with Crippen LogP contribution in [0, 0.1) is 0 Å². The average molecular weight is 238 g/mol. The summed E-state index contributed by atoms with van der Waals surface area (Å²) in [6.45, 7) is 1.87. The van der Waals surface area contributed by atoms with Crippen LogP contribution >= 0.6 is 12.2 Å². The van der Waals surface area contributed by atoms with Gasteiger partial charge in [0.15, 0.2) is 0 Å². The number of nitrogens with two attached hydrogens (primary N) is 2. The third kappa shape index (κ3) is 3.82. The Labute approximate surface area is 99.2 Å². The van der Waals surface area contributed by atoms with Crippen molar-refractivity contribution < 1.29 is 4.79 Å². The number of anilines is 1. The van der Waals surface area contributed by atoms with E-state index in [1.54, 1.807) is 18.3 Å². The molecule has 16 heavy (non-hydrogen) atoms. The minimum atomic E-state index is -0.344. The number of carbonyl (C=O) groups excluding carboxylic acids is 1. The van der Waals surface area contributed by atoms with Crippen LogP contribution in [0.2, 0.25) is 0 Å². The standard InChI is InChI=1S/C10H14N4OS/c1-6(4-9(11)15)14-7-2-3-13-8(5-7)10(12)16/h2-3,5-6H,4H2,1H3,(H2,11,15)(H2,12,16)(H,13,14). The van der Waals surface area contributed by atoms with Crippen molar-refractivity contribution >= 4 is 28.8 Å². The summed E-state index contributed by atoms with van der Waals surface area (Å²) in [5.74, 6) is -0.344. The summed E-state index contributed by atoms with van der Waals surface area (Å²) >= 11 is 4.82. The molecule has 0 aliphatic carbocycles. The van der Waals surface area contributed by atoms with Crippen molar-refractivity contribution in [2.75, 3.05) is 5.32 Å². The van der Waals surface area contributed by atoms with Gasteiger partial charge in [0.05, 0.1) is 5.69 Å². The van der Waals surface area contributed by atoms with Crippen molar-refractivity contribution in [1.29, 1.82) is 0 Å². The predicted octanol–water partition coefficient (Wildman–Crippen LogP) is 0.392. The van der Waals surface area contributed by atoms with Gasteiger partial charge in [-0.15, -0.1) is 0 Å². The van der Waals surface area contributed by atoms with Crippen LogP contribution in [0.3, 0.4) is 0 Å². The summed E-state index contributed by atoms with van der Waals surface area (Å²) in [5.41, 5.74) is 11.9. The molecule has 0 aliphatic heterocycles. The Bertz CT molecular complexity index is 408. The second kappa shape index (κ2) is 5.41. The second-order valence-corrected chi connectivity index (χ2v) is 3.95. The van der Waals surface area contributed by atoms with Gasteiger partial charge in [-0.2, -0.15) is 0 Å². The zero-order valence-corrected chi connectivity index (χ0v) is 9.75. The zero-order chi connectivity index (χ0) is 12.1. The van der Waals surface area contributed by atoms with Gasteiger partial charge in [-0.25, -0.2) is 0 Å². The summed E-state index contributed by atoms with van der Waals surface area (Å²) in [5, 5.41) is 3.11. The largest absolute Gasteiger partial charge is 0.388 e. The number of thiocarbonyl (C=S) groups is 1. The fourth-order valence-corrected chi connectivity index (χ4v) is 1.40. The van der Waals surface area contributed by atoms with E-state index in [9.17, 15) is 4.79 Å². The first kappa shape index (κ1) is 12.4. The van der Waals surface area contributed by atoms with Crippen molar-refractivity contribution in [1.82, 2.24) is 4.98 Å². The Balaban J connectivity index is 2.70. The minimum absolute atomic E-state index is 0.0425. The number of nitrogens with one attached hydrogen (secondary N) is 1. The maximum atomic E-state index is 10.7. The number of hydrogen-bond donors (Lipinski definition) is 3. The first-order valence-electron chi connectivity index (χ1n) is 4.79. The average Bonchev–Trinajstić information content (AvgIpc) is 2.16. The SMILES string of the molecule is CC(CC(N)=O)Nc1ccnc(C(N)=S)c1. The summed E-state index contributed by atoms with van der Waals surface area (Å²) in [7, 11) is 0. The molecule has 0 fully saturated rings. The van der Waals surface area contributed by atoms with Gasteiger partial charge >= 0.3 is 0 Å². The molecule has 0 spiro atoms. The highest BCUT2D eigenvalue weighted by Crippen LogP contribution is 2.10. The van der Waals surface area contributed by atoms with E-state index < -0.39 is 0 Å². The Hall–Kier alpha value is -1.69. The number of hydrogen-bond acceptors (Lipinski definition) is 4. The fourth-order valence-electron chi connectivity index (χ4n) is 1.29. The van der Waals surface area contributed by atoms with Gasteiger partial charge in [-0.3, -0.25) is 9.78 Å². The summed E-state index contributed by atoms with van der Waals surface area (Å²) < 4.78 is 0. The van der Waals surface area contributed by atoms with E-state index in [4.69, 9.17) is 23.7 Å². The third-order valence-corrected chi connectivity index (χ3v) is 2.14. The molecule has 1 rings (SSSR count). The van der Waals surface area contributed by atoms with E-state index in [0.717, 1.165) is 5.69 Å². The summed E-state index contributed by atoms with van der Waals surface area (Å²) in [6, 6.07) is 3.47. The van der Waals surface area contributed by atoms with Crippen LogP contribution in [0.15, 0.2) is 18.3 Å². The molecule has 0 radical (unpaired) electrons. The summed E-state index contributed by atoms with van der Waals surface area (Å²) in [6.07, 6.45) is 1.87. The van der Waals surface area contributed by atoms with Crippen LogP contribution in [-0.4, -0.2) is 21.9 Å². The van der Waals surface area contributed by atoms with Crippen LogP contribution in [0.1, 0.15) is 19.0 Å². The molecule has 0 aromatic carbocycles. The quantitative estimate of drug-likeness (QED) is 0.645. The number of nitrogens with zero attached hydrogens (tertiary/aromatic N) is 1. The molecule has 1 atom stereocenters. The van der Waals surface area contributed by atoms with E-state index in [1.165, 1.54) is 0 Å². The number of primary amides is 1. The van der Waals surface area contributed by atoms with Gasteiger partial charge in [0, 0.05) is 24.3 Å². The number of carbonyl (C=O) groups is 1. The minimum Gasteiger partial charge on any atom is -0.388 e. The highest BCUT2D eigenvalue weighted by molar-refractivity contribution is 7.80. The molecule has 86 valence electrons. The molecule has 0 bridgehead atoms. The number of amides is 1. The maximum absolute atomic E-state index is 10.7. The van der Waals surface area contributed by atoms with Gasteiger partial charge in [0.1, 0.15) is 4.99 Å². The van der Waals surface area contributed by atoms with Crippen LogP contribution < -0.4 is 16.8 Å². The smallest absolute Gasteiger partial charge is 0.219 e. The zero-order valence-electron chi connectivity index (χ0n) is 8.93.